The number of piperidine rings is 1. The SMILES string of the molecule is C[C@@H](C(=O)N[C@@H](Cc1cccc(F)c1)C(=O)NCc1cnc(N)s1)N1CCCCC1. The second-order valence-corrected chi connectivity index (χ2v) is 8.70. The third-order valence-corrected chi connectivity index (χ3v) is 6.11. The summed E-state index contributed by atoms with van der Waals surface area (Å²) in [6.45, 7) is 3.88. The number of nitrogens with one attached hydrogen (secondary N) is 2. The first-order valence-corrected chi connectivity index (χ1v) is 11.0. The van der Waals surface area contributed by atoms with Gasteiger partial charge < -0.3 is 16.4 Å². The van der Waals surface area contributed by atoms with Crippen molar-refractivity contribution in [2.75, 3.05) is 18.8 Å². The van der Waals surface area contributed by atoms with Crippen molar-refractivity contribution in [1.29, 1.82) is 0 Å². The molecule has 7 nitrogen and oxygen atoms in total. The van der Waals surface area contributed by atoms with Crippen LogP contribution in [0, 0.1) is 5.82 Å². The zero-order valence-electron chi connectivity index (χ0n) is 17.1. The molecule has 0 saturated carbocycles. The van der Waals surface area contributed by atoms with Crippen molar-refractivity contribution in [2.45, 2.75) is 51.2 Å². The van der Waals surface area contributed by atoms with E-state index in [-0.39, 0.29) is 36.6 Å². The number of benzene rings is 1. The predicted molar refractivity (Wildman–Crippen MR) is 115 cm³/mol. The van der Waals surface area contributed by atoms with Crippen LogP contribution >= 0.6 is 11.3 Å². The molecule has 30 heavy (non-hydrogen) atoms. The number of rotatable bonds is 8. The Morgan fingerprint density at radius 1 is 1.27 bits per heavy atom. The largest absolute Gasteiger partial charge is 0.375 e. The number of hydrogen-bond donors (Lipinski definition) is 3. The molecular formula is C21H28FN5O2S. The van der Waals surface area contributed by atoms with Gasteiger partial charge in [-0.3, -0.25) is 14.5 Å². The normalized spacial score (nSPS) is 16.6. The number of amides is 2. The lowest BCUT2D eigenvalue weighted by molar-refractivity contribution is -0.132. The Hall–Kier alpha value is -2.52. The van der Waals surface area contributed by atoms with Crippen LogP contribution in [0.3, 0.4) is 0 Å². The summed E-state index contributed by atoms with van der Waals surface area (Å²) in [5, 5.41) is 6.13. The monoisotopic (exact) mass is 433 g/mol. The summed E-state index contributed by atoms with van der Waals surface area (Å²) in [5.74, 6) is -0.902. The number of anilines is 1. The molecule has 1 aliphatic rings. The molecule has 2 heterocycles. The van der Waals surface area contributed by atoms with Gasteiger partial charge >= 0.3 is 0 Å². The lowest BCUT2D eigenvalue weighted by atomic mass is 10.0. The molecule has 3 rings (SSSR count). The highest BCUT2D eigenvalue weighted by Gasteiger charge is 2.27. The minimum Gasteiger partial charge on any atom is -0.375 e. The number of nitrogens with zero attached hydrogens (tertiary/aromatic N) is 2. The third kappa shape index (κ3) is 6.24. The summed E-state index contributed by atoms with van der Waals surface area (Å²) in [5.41, 5.74) is 6.27. The van der Waals surface area contributed by atoms with Gasteiger partial charge in [0.25, 0.3) is 0 Å². The van der Waals surface area contributed by atoms with Crippen molar-refractivity contribution < 1.29 is 14.0 Å². The molecule has 0 spiro atoms. The molecule has 1 aliphatic heterocycles. The van der Waals surface area contributed by atoms with Crippen molar-refractivity contribution >= 4 is 28.3 Å². The van der Waals surface area contributed by atoms with Gasteiger partial charge in [0.05, 0.1) is 12.6 Å². The Bertz CT molecular complexity index is 869. The standard InChI is InChI=1S/C21H28FN5O2S/c1-14(27-8-3-2-4-9-27)19(28)26-18(11-15-6-5-7-16(22)10-15)20(29)24-12-17-13-25-21(23)30-17/h5-7,10,13-14,18H,2-4,8-9,11-12H2,1H3,(H2,23,25)(H,24,29)(H,26,28)/t14-,18-/m0/s1. The summed E-state index contributed by atoms with van der Waals surface area (Å²) < 4.78 is 13.6. The molecule has 0 radical (unpaired) electrons. The van der Waals surface area contributed by atoms with Crippen LogP contribution in [0.4, 0.5) is 9.52 Å². The maximum atomic E-state index is 13.6. The number of carbonyl (C=O) groups excluding carboxylic acids is 2. The zero-order chi connectivity index (χ0) is 21.5. The minimum absolute atomic E-state index is 0.199. The molecule has 2 aromatic rings. The second kappa shape index (κ2) is 10.5. The number of aromatic nitrogens is 1. The molecule has 1 fully saturated rings. The van der Waals surface area contributed by atoms with E-state index in [1.54, 1.807) is 18.3 Å². The van der Waals surface area contributed by atoms with E-state index in [1.807, 2.05) is 6.92 Å². The molecule has 0 unspecified atom stereocenters. The van der Waals surface area contributed by atoms with Crippen LogP contribution in [-0.4, -0.2) is 46.9 Å². The molecule has 1 saturated heterocycles. The molecule has 1 aromatic heterocycles. The van der Waals surface area contributed by atoms with E-state index in [4.69, 9.17) is 5.73 Å². The van der Waals surface area contributed by atoms with Crippen molar-refractivity contribution in [3.05, 3.63) is 46.7 Å². The Morgan fingerprint density at radius 3 is 2.70 bits per heavy atom. The Morgan fingerprint density at radius 2 is 2.03 bits per heavy atom. The number of halogens is 1. The predicted octanol–water partition coefficient (Wildman–Crippen LogP) is 2.08. The van der Waals surface area contributed by atoms with Gasteiger partial charge in [0.2, 0.25) is 11.8 Å². The summed E-state index contributed by atoms with van der Waals surface area (Å²) in [6.07, 6.45) is 5.13. The van der Waals surface area contributed by atoms with Gasteiger partial charge in [0.1, 0.15) is 11.9 Å². The molecule has 0 bridgehead atoms. The molecule has 2 amide bonds. The molecule has 0 aliphatic carbocycles. The van der Waals surface area contributed by atoms with E-state index < -0.39 is 6.04 Å². The highest BCUT2D eigenvalue weighted by atomic mass is 32.1. The number of nitrogens with two attached hydrogens (primary N) is 1. The van der Waals surface area contributed by atoms with Crippen molar-refractivity contribution in [3.8, 4) is 0 Å². The van der Waals surface area contributed by atoms with Crippen molar-refractivity contribution in [3.63, 3.8) is 0 Å². The lowest BCUT2D eigenvalue weighted by Gasteiger charge is -2.32. The van der Waals surface area contributed by atoms with E-state index >= 15 is 0 Å². The van der Waals surface area contributed by atoms with Gasteiger partial charge in [-0.15, -0.1) is 11.3 Å². The third-order valence-electron chi connectivity index (χ3n) is 5.29. The fourth-order valence-electron chi connectivity index (χ4n) is 3.57. The van der Waals surface area contributed by atoms with Crippen LogP contribution in [0.15, 0.2) is 30.5 Å². The number of hydrogen-bond acceptors (Lipinski definition) is 6. The average molecular weight is 434 g/mol. The lowest BCUT2D eigenvalue weighted by Crippen LogP contribution is -2.54. The first kappa shape index (κ1) is 22.2. The zero-order valence-corrected chi connectivity index (χ0v) is 17.9. The molecular weight excluding hydrogens is 405 g/mol. The first-order chi connectivity index (χ1) is 14.4. The van der Waals surface area contributed by atoms with Crippen LogP contribution in [0.5, 0.6) is 0 Å². The van der Waals surface area contributed by atoms with Crippen LogP contribution in [0.25, 0.3) is 0 Å². The summed E-state index contributed by atoms with van der Waals surface area (Å²) in [7, 11) is 0. The molecule has 9 heteroatoms. The second-order valence-electron chi connectivity index (χ2n) is 7.55. The van der Waals surface area contributed by atoms with Gasteiger partial charge in [-0.25, -0.2) is 9.37 Å². The maximum Gasteiger partial charge on any atom is 0.243 e. The highest BCUT2D eigenvalue weighted by molar-refractivity contribution is 7.15. The van der Waals surface area contributed by atoms with Crippen LogP contribution < -0.4 is 16.4 Å². The maximum absolute atomic E-state index is 13.6. The highest BCUT2D eigenvalue weighted by Crippen LogP contribution is 2.15. The molecule has 1 aromatic carbocycles. The summed E-state index contributed by atoms with van der Waals surface area (Å²) in [4.78, 5) is 32.6. The quantitative estimate of drug-likeness (QED) is 0.592. The Balaban J connectivity index is 1.67. The van der Waals surface area contributed by atoms with Crippen molar-refractivity contribution in [2.24, 2.45) is 0 Å². The molecule has 162 valence electrons. The van der Waals surface area contributed by atoms with E-state index in [0.29, 0.717) is 10.7 Å². The van der Waals surface area contributed by atoms with Gasteiger partial charge in [-0.1, -0.05) is 18.6 Å². The van der Waals surface area contributed by atoms with Crippen LogP contribution in [0.2, 0.25) is 0 Å². The molecule has 2 atom stereocenters. The van der Waals surface area contributed by atoms with Crippen molar-refractivity contribution in [1.82, 2.24) is 20.5 Å². The Labute approximate surface area is 179 Å². The summed E-state index contributed by atoms with van der Waals surface area (Å²) >= 11 is 1.29. The van der Waals surface area contributed by atoms with Gasteiger partial charge in [0, 0.05) is 17.5 Å². The first-order valence-electron chi connectivity index (χ1n) is 10.2. The average Bonchev–Trinajstić information content (AvgIpc) is 3.16. The Kier molecular flexibility index (Phi) is 7.75. The number of nitrogen functional groups attached to an aromatic ring is 1. The smallest absolute Gasteiger partial charge is 0.243 e. The number of likely N-dealkylation sites (tertiary alicyclic amines) is 1. The van der Waals surface area contributed by atoms with Gasteiger partial charge in [-0.05, 0) is 50.6 Å². The fraction of sp³-hybridized carbons (Fsp3) is 0.476. The van der Waals surface area contributed by atoms with Gasteiger partial charge in [-0.2, -0.15) is 0 Å². The molecule has 4 N–H and O–H groups in total. The fourth-order valence-corrected chi connectivity index (χ4v) is 4.20. The topological polar surface area (TPSA) is 100 Å². The van der Waals surface area contributed by atoms with E-state index in [9.17, 15) is 14.0 Å². The number of carbonyl (C=O) groups is 2. The summed E-state index contributed by atoms with van der Waals surface area (Å²) in [6, 6.07) is 4.94. The van der Waals surface area contributed by atoms with E-state index in [2.05, 4.69) is 20.5 Å². The van der Waals surface area contributed by atoms with E-state index in [1.165, 1.54) is 29.9 Å². The van der Waals surface area contributed by atoms with Crippen LogP contribution in [0.1, 0.15) is 36.6 Å². The number of thiazole rings is 1. The van der Waals surface area contributed by atoms with E-state index in [0.717, 1.165) is 30.8 Å². The van der Waals surface area contributed by atoms with Crippen LogP contribution in [-0.2, 0) is 22.6 Å². The minimum atomic E-state index is -0.809. The van der Waals surface area contributed by atoms with Gasteiger partial charge in [0.15, 0.2) is 5.13 Å².